The molecule has 3 rings (SSSR count). The van der Waals surface area contributed by atoms with Crippen molar-refractivity contribution in [3.05, 3.63) is 66.2 Å². The Hall–Kier alpha value is -3.09. The molecule has 0 spiro atoms. The molecule has 1 aromatic carbocycles. The lowest BCUT2D eigenvalue weighted by Gasteiger charge is -2.08. The van der Waals surface area contributed by atoms with E-state index in [0.717, 1.165) is 16.8 Å². The lowest BCUT2D eigenvalue weighted by atomic mass is 10.2. The van der Waals surface area contributed by atoms with Crippen molar-refractivity contribution >= 4 is 11.7 Å². The van der Waals surface area contributed by atoms with Gasteiger partial charge in [-0.15, -0.1) is 0 Å². The molecule has 0 bridgehead atoms. The third-order valence-electron chi connectivity index (χ3n) is 3.33. The van der Waals surface area contributed by atoms with Gasteiger partial charge in [-0.1, -0.05) is 12.1 Å². The summed E-state index contributed by atoms with van der Waals surface area (Å²) in [5.41, 5.74) is 2.82. The Balaban J connectivity index is 1.50. The molecule has 2 heterocycles. The van der Waals surface area contributed by atoms with Crippen molar-refractivity contribution in [2.24, 2.45) is 7.05 Å². The first-order valence-corrected chi connectivity index (χ1v) is 7.28. The van der Waals surface area contributed by atoms with Crippen molar-refractivity contribution in [2.75, 3.05) is 5.32 Å². The Morgan fingerprint density at radius 3 is 2.65 bits per heavy atom. The molecule has 0 unspecified atom stereocenters. The zero-order valence-electron chi connectivity index (χ0n) is 12.8. The van der Waals surface area contributed by atoms with E-state index >= 15 is 0 Å². The maximum absolute atomic E-state index is 11.9. The highest BCUT2D eigenvalue weighted by Gasteiger charge is 2.03. The molecule has 0 aliphatic heterocycles. The molecule has 0 aliphatic carbocycles. The standard InChI is InChI=1S/C16H18N6O/c1-21-11-14(10-19-21)9-17-16(23)20-15-5-3-13(4-6-15)12-22-8-2-7-18-22/h2-8,10-11H,9,12H2,1H3,(H2,17,20,23). The fourth-order valence-corrected chi connectivity index (χ4v) is 2.20. The number of anilines is 1. The van der Waals surface area contributed by atoms with Crippen LogP contribution in [0.4, 0.5) is 10.5 Å². The lowest BCUT2D eigenvalue weighted by molar-refractivity contribution is 0.251. The van der Waals surface area contributed by atoms with Crippen molar-refractivity contribution in [1.82, 2.24) is 24.9 Å². The van der Waals surface area contributed by atoms with E-state index in [0.29, 0.717) is 13.1 Å². The molecule has 118 valence electrons. The summed E-state index contributed by atoms with van der Waals surface area (Å²) in [6.45, 7) is 1.15. The van der Waals surface area contributed by atoms with Gasteiger partial charge >= 0.3 is 6.03 Å². The number of benzene rings is 1. The van der Waals surface area contributed by atoms with E-state index in [1.807, 2.05) is 54.5 Å². The van der Waals surface area contributed by atoms with Gasteiger partial charge in [-0.25, -0.2) is 4.79 Å². The first-order chi connectivity index (χ1) is 11.2. The fourth-order valence-electron chi connectivity index (χ4n) is 2.20. The smallest absolute Gasteiger partial charge is 0.319 e. The van der Waals surface area contributed by atoms with E-state index < -0.39 is 0 Å². The van der Waals surface area contributed by atoms with Crippen molar-refractivity contribution in [1.29, 1.82) is 0 Å². The topological polar surface area (TPSA) is 76.8 Å². The first-order valence-electron chi connectivity index (χ1n) is 7.28. The quantitative estimate of drug-likeness (QED) is 0.756. The predicted molar refractivity (Wildman–Crippen MR) is 86.8 cm³/mol. The SMILES string of the molecule is Cn1cc(CNC(=O)Nc2ccc(Cn3cccn3)cc2)cn1. The maximum Gasteiger partial charge on any atom is 0.319 e. The predicted octanol–water partition coefficient (Wildman–Crippen LogP) is 1.99. The van der Waals surface area contributed by atoms with Gasteiger partial charge in [-0.05, 0) is 23.8 Å². The maximum atomic E-state index is 11.9. The zero-order valence-corrected chi connectivity index (χ0v) is 12.8. The summed E-state index contributed by atoms with van der Waals surface area (Å²) in [5.74, 6) is 0. The molecule has 0 saturated heterocycles. The Morgan fingerprint density at radius 1 is 1.17 bits per heavy atom. The van der Waals surface area contributed by atoms with E-state index in [-0.39, 0.29) is 6.03 Å². The molecule has 0 aliphatic rings. The molecule has 2 N–H and O–H groups in total. The Kier molecular flexibility index (Phi) is 4.37. The van der Waals surface area contributed by atoms with Gasteiger partial charge in [0.1, 0.15) is 0 Å². The van der Waals surface area contributed by atoms with Crippen LogP contribution in [0.5, 0.6) is 0 Å². The van der Waals surface area contributed by atoms with Crippen LogP contribution in [0.1, 0.15) is 11.1 Å². The Bertz CT molecular complexity index is 760. The lowest BCUT2D eigenvalue weighted by Crippen LogP contribution is -2.28. The fraction of sp³-hybridized carbons (Fsp3) is 0.188. The van der Waals surface area contributed by atoms with Crippen LogP contribution in [0.25, 0.3) is 0 Å². The van der Waals surface area contributed by atoms with Crippen molar-refractivity contribution < 1.29 is 4.79 Å². The van der Waals surface area contributed by atoms with Gasteiger partial charge in [-0.3, -0.25) is 9.36 Å². The molecule has 0 radical (unpaired) electrons. The minimum atomic E-state index is -0.242. The monoisotopic (exact) mass is 310 g/mol. The Labute approximate surface area is 133 Å². The average molecular weight is 310 g/mol. The summed E-state index contributed by atoms with van der Waals surface area (Å²) in [4.78, 5) is 11.9. The molecule has 0 saturated carbocycles. The molecule has 3 aromatic rings. The van der Waals surface area contributed by atoms with Crippen molar-refractivity contribution in [2.45, 2.75) is 13.1 Å². The highest BCUT2D eigenvalue weighted by Crippen LogP contribution is 2.10. The average Bonchev–Trinajstić information content (AvgIpc) is 3.19. The minimum absolute atomic E-state index is 0.242. The van der Waals surface area contributed by atoms with E-state index in [9.17, 15) is 4.79 Å². The number of amides is 2. The van der Waals surface area contributed by atoms with Crippen molar-refractivity contribution in [3.8, 4) is 0 Å². The van der Waals surface area contributed by atoms with Gasteiger partial charge in [0.15, 0.2) is 0 Å². The highest BCUT2D eigenvalue weighted by atomic mass is 16.2. The third-order valence-corrected chi connectivity index (χ3v) is 3.33. The zero-order chi connectivity index (χ0) is 16.1. The molecule has 2 amide bonds. The van der Waals surface area contributed by atoms with E-state index in [1.165, 1.54) is 0 Å². The molecule has 0 atom stereocenters. The van der Waals surface area contributed by atoms with Crippen LogP contribution < -0.4 is 10.6 Å². The summed E-state index contributed by atoms with van der Waals surface area (Å²) in [5, 5.41) is 13.8. The molecular formula is C16H18N6O. The number of nitrogens with one attached hydrogen (secondary N) is 2. The number of carbonyl (C=O) groups is 1. The van der Waals surface area contributed by atoms with Gasteiger partial charge in [-0.2, -0.15) is 10.2 Å². The second-order valence-electron chi connectivity index (χ2n) is 5.23. The van der Waals surface area contributed by atoms with Crippen LogP contribution in [0.2, 0.25) is 0 Å². The molecular weight excluding hydrogens is 292 g/mol. The summed E-state index contributed by atoms with van der Waals surface area (Å²) in [7, 11) is 1.84. The molecule has 0 fully saturated rings. The van der Waals surface area contributed by atoms with Crippen LogP contribution in [-0.4, -0.2) is 25.6 Å². The molecule has 7 heteroatoms. The number of nitrogens with zero attached hydrogens (tertiary/aromatic N) is 4. The first kappa shape index (κ1) is 14.8. The molecule has 2 aromatic heterocycles. The second-order valence-corrected chi connectivity index (χ2v) is 5.23. The number of aryl methyl sites for hydroxylation is 1. The van der Waals surface area contributed by atoms with Crippen LogP contribution in [-0.2, 0) is 20.1 Å². The van der Waals surface area contributed by atoms with Gasteiger partial charge in [0, 0.05) is 43.4 Å². The van der Waals surface area contributed by atoms with Crippen LogP contribution in [0.3, 0.4) is 0 Å². The minimum Gasteiger partial charge on any atom is -0.334 e. The summed E-state index contributed by atoms with van der Waals surface area (Å²) in [6, 6.07) is 9.35. The number of hydrogen-bond donors (Lipinski definition) is 2. The summed E-state index contributed by atoms with van der Waals surface area (Å²) in [6.07, 6.45) is 7.26. The van der Waals surface area contributed by atoms with Crippen molar-refractivity contribution in [3.63, 3.8) is 0 Å². The normalized spacial score (nSPS) is 10.5. The van der Waals surface area contributed by atoms with Crippen LogP contribution >= 0.6 is 0 Å². The summed E-state index contributed by atoms with van der Waals surface area (Å²) >= 11 is 0. The number of carbonyl (C=O) groups excluding carboxylic acids is 1. The van der Waals surface area contributed by atoms with Gasteiger partial charge in [0.25, 0.3) is 0 Å². The van der Waals surface area contributed by atoms with E-state index in [2.05, 4.69) is 20.8 Å². The number of aromatic nitrogens is 4. The number of rotatable bonds is 5. The number of hydrogen-bond acceptors (Lipinski definition) is 3. The van der Waals surface area contributed by atoms with Crippen LogP contribution in [0, 0.1) is 0 Å². The molecule has 23 heavy (non-hydrogen) atoms. The second kappa shape index (κ2) is 6.78. The largest absolute Gasteiger partial charge is 0.334 e. The highest BCUT2D eigenvalue weighted by molar-refractivity contribution is 5.89. The van der Waals surface area contributed by atoms with Gasteiger partial charge in [0.2, 0.25) is 0 Å². The third kappa shape index (κ3) is 4.19. The van der Waals surface area contributed by atoms with E-state index in [1.54, 1.807) is 17.1 Å². The van der Waals surface area contributed by atoms with Crippen LogP contribution in [0.15, 0.2) is 55.1 Å². The molecule has 7 nitrogen and oxygen atoms in total. The van der Waals surface area contributed by atoms with E-state index in [4.69, 9.17) is 0 Å². The number of urea groups is 1. The summed E-state index contributed by atoms with van der Waals surface area (Å²) < 4.78 is 3.55. The Morgan fingerprint density at radius 2 is 2.00 bits per heavy atom. The van der Waals surface area contributed by atoms with Gasteiger partial charge < -0.3 is 10.6 Å². The van der Waals surface area contributed by atoms with Gasteiger partial charge in [0.05, 0.1) is 12.7 Å².